The highest BCUT2D eigenvalue weighted by atomic mass is 16.2. The summed E-state index contributed by atoms with van der Waals surface area (Å²) in [5.74, 6) is -0.535. The highest BCUT2D eigenvalue weighted by Crippen LogP contribution is 2.14. The van der Waals surface area contributed by atoms with Crippen molar-refractivity contribution in [3.8, 4) is 0 Å². The molecular weight excluding hydrogens is 206 g/mol. The zero-order chi connectivity index (χ0) is 12.0. The summed E-state index contributed by atoms with van der Waals surface area (Å²) in [4.78, 5) is 22.8. The van der Waals surface area contributed by atoms with Gasteiger partial charge < -0.3 is 16.4 Å². The van der Waals surface area contributed by atoms with Crippen LogP contribution in [0.25, 0.3) is 0 Å². The molecule has 4 N–H and O–H groups in total. The lowest BCUT2D eigenvalue weighted by molar-refractivity contribution is -0.114. The number of benzene rings is 1. The zero-order valence-electron chi connectivity index (χ0n) is 9.12. The van der Waals surface area contributed by atoms with E-state index in [1.807, 2.05) is 6.92 Å². The predicted molar refractivity (Wildman–Crippen MR) is 62.1 cm³/mol. The molecule has 0 saturated carbocycles. The van der Waals surface area contributed by atoms with Crippen LogP contribution in [0.15, 0.2) is 24.3 Å². The number of nitrogens with one attached hydrogen (secondary N) is 2. The molecule has 0 saturated heterocycles. The average Bonchev–Trinajstić information content (AvgIpc) is 2.30. The summed E-state index contributed by atoms with van der Waals surface area (Å²) >= 11 is 0. The third-order valence-corrected chi connectivity index (χ3v) is 1.97. The minimum atomic E-state index is -0.322. The van der Waals surface area contributed by atoms with Crippen LogP contribution in [0.2, 0.25) is 0 Å². The topological polar surface area (TPSA) is 84.2 Å². The maximum absolute atomic E-state index is 11.6. The summed E-state index contributed by atoms with van der Waals surface area (Å²) < 4.78 is 0. The molecule has 0 fully saturated rings. The van der Waals surface area contributed by atoms with Gasteiger partial charge in [0.15, 0.2) is 0 Å². The van der Waals surface area contributed by atoms with Crippen LogP contribution in [0, 0.1) is 0 Å². The average molecular weight is 221 g/mol. The molecule has 0 atom stereocenters. The first-order valence-electron chi connectivity index (χ1n) is 5.06. The van der Waals surface area contributed by atoms with E-state index in [9.17, 15) is 9.59 Å². The quantitative estimate of drug-likeness (QED) is 0.685. The molecule has 0 aliphatic rings. The van der Waals surface area contributed by atoms with E-state index >= 15 is 0 Å². The third-order valence-electron chi connectivity index (χ3n) is 1.97. The minimum absolute atomic E-state index is 0.107. The maximum atomic E-state index is 11.6. The van der Waals surface area contributed by atoms with Gasteiger partial charge in [0.05, 0.1) is 17.8 Å². The van der Waals surface area contributed by atoms with Crippen molar-refractivity contribution in [3.05, 3.63) is 29.8 Å². The van der Waals surface area contributed by atoms with Crippen LogP contribution >= 0.6 is 0 Å². The SMILES string of the molecule is CCNC(=O)c1ccccc1NC(=O)CN. The number of carbonyl (C=O) groups is 2. The van der Waals surface area contributed by atoms with Crippen molar-refractivity contribution in [2.75, 3.05) is 18.4 Å². The molecule has 1 aromatic carbocycles. The minimum Gasteiger partial charge on any atom is -0.352 e. The van der Waals surface area contributed by atoms with E-state index in [2.05, 4.69) is 10.6 Å². The second kappa shape index (κ2) is 5.87. The predicted octanol–water partition coefficient (Wildman–Crippen LogP) is 0.334. The van der Waals surface area contributed by atoms with Gasteiger partial charge in [0.25, 0.3) is 5.91 Å². The number of nitrogens with two attached hydrogens (primary N) is 1. The van der Waals surface area contributed by atoms with Crippen molar-refractivity contribution in [1.82, 2.24) is 5.32 Å². The van der Waals surface area contributed by atoms with Gasteiger partial charge in [0, 0.05) is 6.54 Å². The normalized spacial score (nSPS) is 9.62. The van der Waals surface area contributed by atoms with Gasteiger partial charge in [-0.1, -0.05) is 12.1 Å². The summed E-state index contributed by atoms with van der Waals surface area (Å²) in [5, 5.41) is 5.25. The molecule has 1 aromatic rings. The Labute approximate surface area is 94.0 Å². The summed E-state index contributed by atoms with van der Waals surface area (Å²) in [7, 11) is 0. The number of hydrogen-bond donors (Lipinski definition) is 3. The Bertz CT molecular complexity index is 391. The molecule has 5 heteroatoms. The Kier molecular flexibility index (Phi) is 4.47. The highest BCUT2D eigenvalue weighted by molar-refractivity contribution is 6.04. The van der Waals surface area contributed by atoms with E-state index < -0.39 is 0 Å². The Morgan fingerprint density at radius 1 is 1.31 bits per heavy atom. The van der Waals surface area contributed by atoms with E-state index in [1.54, 1.807) is 24.3 Å². The second-order valence-corrected chi connectivity index (χ2v) is 3.16. The third kappa shape index (κ3) is 3.06. The number of hydrogen-bond acceptors (Lipinski definition) is 3. The molecule has 2 amide bonds. The molecule has 0 aliphatic heterocycles. The van der Waals surface area contributed by atoms with Gasteiger partial charge in [-0.2, -0.15) is 0 Å². The smallest absolute Gasteiger partial charge is 0.253 e. The van der Waals surface area contributed by atoms with Crippen molar-refractivity contribution < 1.29 is 9.59 Å². The van der Waals surface area contributed by atoms with Crippen LogP contribution in [0.1, 0.15) is 17.3 Å². The fraction of sp³-hybridized carbons (Fsp3) is 0.273. The van der Waals surface area contributed by atoms with Crippen LogP contribution in [0.3, 0.4) is 0 Å². The standard InChI is InChI=1S/C11H15N3O2/c1-2-13-11(16)8-5-3-4-6-9(8)14-10(15)7-12/h3-6H,2,7,12H2,1H3,(H,13,16)(H,14,15). The van der Waals surface area contributed by atoms with Gasteiger partial charge in [-0.15, -0.1) is 0 Å². The van der Waals surface area contributed by atoms with Crippen LogP contribution < -0.4 is 16.4 Å². The van der Waals surface area contributed by atoms with Crippen molar-refractivity contribution in [2.45, 2.75) is 6.92 Å². The van der Waals surface area contributed by atoms with Crippen LogP contribution in [0.4, 0.5) is 5.69 Å². The molecule has 0 aliphatic carbocycles. The van der Waals surface area contributed by atoms with Crippen molar-refractivity contribution in [1.29, 1.82) is 0 Å². The van der Waals surface area contributed by atoms with Gasteiger partial charge in [-0.25, -0.2) is 0 Å². The van der Waals surface area contributed by atoms with Crippen molar-refractivity contribution in [3.63, 3.8) is 0 Å². The van der Waals surface area contributed by atoms with Gasteiger partial charge in [-0.05, 0) is 19.1 Å². The molecule has 1 rings (SSSR count). The molecule has 0 spiro atoms. The zero-order valence-corrected chi connectivity index (χ0v) is 9.12. The highest BCUT2D eigenvalue weighted by Gasteiger charge is 2.10. The second-order valence-electron chi connectivity index (χ2n) is 3.16. The van der Waals surface area contributed by atoms with Gasteiger partial charge in [0.1, 0.15) is 0 Å². The van der Waals surface area contributed by atoms with Crippen LogP contribution in [-0.4, -0.2) is 24.9 Å². The van der Waals surface area contributed by atoms with E-state index in [0.717, 1.165) is 0 Å². The first kappa shape index (κ1) is 12.2. The van der Waals surface area contributed by atoms with E-state index in [0.29, 0.717) is 17.8 Å². The number of para-hydroxylation sites is 1. The fourth-order valence-electron chi connectivity index (χ4n) is 1.25. The van der Waals surface area contributed by atoms with Crippen LogP contribution in [-0.2, 0) is 4.79 Å². The first-order valence-corrected chi connectivity index (χ1v) is 5.06. The molecule has 0 unspecified atom stereocenters. The largest absolute Gasteiger partial charge is 0.352 e. The lowest BCUT2D eigenvalue weighted by Gasteiger charge is -2.09. The van der Waals surface area contributed by atoms with Crippen molar-refractivity contribution in [2.24, 2.45) is 5.73 Å². The van der Waals surface area contributed by atoms with E-state index in [-0.39, 0.29) is 18.4 Å². The Balaban J connectivity index is 2.91. The summed E-state index contributed by atoms with van der Waals surface area (Å²) in [6.45, 7) is 2.26. The van der Waals surface area contributed by atoms with E-state index in [4.69, 9.17) is 5.73 Å². The van der Waals surface area contributed by atoms with Gasteiger partial charge in [-0.3, -0.25) is 9.59 Å². The molecule has 86 valence electrons. The molecule has 0 bridgehead atoms. The van der Waals surface area contributed by atoms with Crippen molar-refractivity contribution >= 4 is 17.5 Å². The summed E-state index contributed by atoms with van der Waals surface area (Å²) in [6, 6.07) is 6.80. The summed E-state index contributed by atoms with van der Waals surface area (Å²) in [5.41, 5.74) is 6.10. The van der Waals surface area contributed by atoms with Gasteiger partial charge in [0.2, 0.25) is 5.91 Å². The van der Waals surface area contributed by atoms with Crippen LogP contribution in [0.5, 0.6) is 0 Å². The monoisotopic (exact) mass is 221 g/mol. The maximum Gasteiger partial charge on any atom is 0.253 e. The number of carbonyl (C=O) groups excluding carboxylic acids is 2. The Morgan fingerprint density at radius 3 is 2.62 bits per heavy atom. The number of amides is 2. The first-order chi connectivity index (χ1) is 7.69. The Hall–Kier alpha value is -1.88. The Morgan fingerprint density at radius 2 is 2.00 bits per heavy atom. The molecule has 0 radical (unpaired) electrons. The molecule has 0 aromatic heterocycles. The molecule has 16 heavy (non-hydrogen) atoms. The summed E-state index contributed by atoms with van der Waals surface area (Å²) in [6.07, 6.45) is 0. The van der Waals surface area contributed by atoms with Gasteiger partial charge >= 0.3 is 0 Å². The number of rotatable bonds is 4. The molecular formula is C11H15N3O2. The molecule has 0 heterocycles. The van der Waals surface area contributed by atoms with E-state index in [1.165, 1.54) is 0 Å². The lowest BCUT2D eigenvalue weighted by atomic mass is 10.1. The fourth-order valence-corrected chi connectivity index (χ4v) is 1.25. The lowest BCUT2D eigenvalue weighted by Crippen LogP contribution is -2.26. The number of anilines is 1. The molecule has 5 nitrogen and oxygen atoms in total.